The van der Waals surface area contributed by atoms with Crippen LogP contribution < -0.4 is 0 Å². The predicted octanol–water partition coefficient (Wildman–Crippen LogP) is 13.2. The first kappa shape index (κ1) is 32.9. The van der Waals surface area contributed by atoms with Gasteiger partial charge >= 0.3 is 0 Å². The summed E-state index contributed by atoms with van der Waals surface area (Å²) < 4.78 is 0. The fraction of sp³-hybridized carbons (Fsp3) is 0.0185. The van der Waals surface area contributed by atoms with Crippen molar-refractivity contribution in [2.75, 3.05) is 0 Å². The quantitative estimate of drug-likeness (QED) is 0.160. The molecule has 266 valence electrons. The summed E-state index contributed by atoms with van der Waals surface area (Å²) in [6.45, 7) is 0. The van der Waals surface area contributed by atoms with E-state index in [1.807, 2.05) is 36.4 Å². The van der Waals surface area contributed by atoms with Crippen LogP contribution in [0.3, 0.4) is 0 Å². The summed E-state index contributed by atoms with van der Waals surface area (Å²) in [4.78, 5) is 15.7. The molecule has 0 bridgehead atoms. The molecule has 0 aliphatic heterocycles. The van der Waals surface area contributed by atoms with Crippen molar-refractivity contribution < 1.29 is 0 Å². The number of para-hydroxylation sites is 1. The van der Waals surface area contributed by atoms with E-state index in [0.29, 0.717) is 5.82 Å². The van der Waals surface area contributed by atoms with Gasteiger partial charge in [0.05, 0.1) is 28.0 Å². The van der Waals surface area contributed by atoms with Crippen LogP contribution in [0, 0.1) is 0 Å². The summed E-state index contributed by atoms with van der Waals surface area (Å²) in [6, 6.07) is 75.5. The van der Waals surface area contributed by atoms with Gasteiger partial charge in [-0.05, 0) is 50.9 Å². The second-order valence-electron chi connectivity index (χ2n) is 14.7. The number of benzene rings is 8. The Morgan fingerprint density at radius 2 is 0.877 bits per heavy atom. The van der Waals surface area contributed by atoms with E-state index in [9.17, 15) is 0 Å². The van der Waals surface area contributed by atoms with Crippen molar-refractivity contribution in [1.29, 1.82) is 0 Å². The van der Waals surface area contributed by atoms with Crippen LogP contribution in [0.4, 0.5) is 0 Å². The van der Waals surface area contributed by atoms with Gasteiger partial charge in [0.2, 0.25) is 0 Å². The van der Waals surface area contributed by atoms with E-state index in [2.05, 4.69) is 176 Å². The van der Waals surface area contributed by atoms with Gasteiger partial charge in [-0.3, -0.25) is 0 Å². The first-order chi connectivity index (χ1) is 28.3. The number of fused-ring (bicyclic) bond motifs is 7. The molecule has 10 aromatic rings. The molecule has 3 nitrogen and oxygen atoms in total. The Morgan fingerprint density at radius 1 is 0.351 bits per heavy atom. The molecule has 2 heterocycles. The van der Waals surface area contributed by atoms with Crippen LogP contribution in [0.5, 0.6) is 0 Å². The third-order valence-corrected chi connectivity index (χ3v) is 11.6. The lowest BCUT2D eigenvalue weighted by Gasteiger charge is -2.34. The summed E-state index contributed by atoms with van der Waals surface area (Å²) in [5, 5.41) is 3.50. The molecule has 57 heavy (non-hydrogen) atoms. The molecule has 8 aromatic carbocycles. The number of hydrogen-bond donors (Lipinski definition) is 0. The predicted molar refractivity (Wildman–Crippen MR) is 234 cm³/mol. The minimum absolute atomic E-state index is 0.507. The Kier molecular flexibility index (Phi) is 7.71. The maximum Gasteiger partial charge on any atom is 0.160 e. The van der Waals surface area contributed by atoms with Gasteiger partial charge in [0.1, 0.15) is 0 Å². The average Bonchev–Trinajstić information content (AvgIpc) is 3.61. The van der Waals surface area contributed by atoms with E-state index in [-0.39, 0.29) is 0 Å². The van der Waals surface area contributed by atoms with E-state index in [0.717, 1.165) is 55.6 Å². The molecule has 1 aliphatic carbocycles. The number of pyridine rings is 1. The number of rotatable bonds is 6. The van der Waals surface area contributed by atoms with E-state index >= 15 is 0 Å². The van der Waals surface area contributed by atoms with Crippen molar-refractivity contribution >= 4 is 21.7 Å². The van der Waals surface area contributed by atoms with Crippen molar-refractivity contribution in [2.45, 2.75) is 5.41 Å². The average molecular weight is 726 g/mol. The van der Waals surface area contributed by atoms with Crippen LogP contribution in [-0.4, -0.2) is 15.0 Å². The normalized spacial score (nSPS) is 12.7. The van der Waals surface area contributed by atoms with E-state index < -0.39 is 5.41 Å². The lowest BCUT2D eigenvalue weighted by molar-refractivity contribution is 0.769. The van der Waals surface area contributed by atoms with Crippen LogP contribution in [-0.2, 0) is 5.41 Å². The highest BCUT2D eigenvalue weighted by Crippen LogP contribution is 2.58. The number of hydrogen-bond acceptors (Lipinski definition) is 3. The van der Waals surface area contributed by atoms with Crippen molar-refractivity contribution in [1.82, 2.24) is 15.0 Å². The number of nitrogens with zero attached hydrogens (tertiary/aromatic N) is 3. The van der Waals surface area contributed by atoms with Gasteiger partial charge in [0.15, 0.2) is 5.82 Å². The molecule has 0 fully saturated rings. The second-order valence-corrected chi connectivity index (χ2v) is 14.7. The van der Waals surface area contributed by atoms with Gasteiger partial charge < -0.3 is 0 Å². The second kappa shape index (κ2) is 13.4. The summed E-state index contributed by atoms with van der Waals surface area (Å²) in [5.74, 6) is 0.684. The largest absolute Gasteiger partial charge is 0.247 e. The minimum Gasteiger partial charge on any atom is -0.247 e. The molecule has 0 spiro atoms. The highest BCUT2D eigenvalue weighted by molar-refractivity contribution is 6.18. The van der Waals surface area contributed by atoms with Crippen LogP contribution in [0.1, 0.15) is 22.3 Å². The molecule has 3 heteroatoms. The molecule has 2 aromatic heterocycles. The highest BCUT2D eigenvalue weighted by atomic mass is 14.9. The maximum absolute atomic E-state index is 5.50. The van der Waals surface area contributed by atoms with Gasteiger partial charge in [-0.2, -0.15) is 0 Å². The molecule has 0 N–H and O–H groups in total. The molecule has 0 saturated heterocycles. The topological polar surface area (TPSA) is 38.7 Å². The molecule has 11 rings (SSSR count). The lowest BCUT2D eigenvalue weighted by atomic mass is 9.67. The fourth-order valence-electron chi connectivity index (χ4n) is 9.05. The van der Waals surface area contributed by atoms with E-state index in [1.54, 1.807) is 0 Å². The molecular formula is C54H35N3. The zero-order valence-electron chi connectivity index (χ0n) is 31.0. The molecule has 0 amide bonds. The monoisotopic (exact) mass is 725 g/mol. The Bertz CT molecular complexity index is 2990. The van der Waals surface area contributed by atoms with Crippen molar-refractivity contribution in [3.8, 4) is 56.3 Å². The van der Waals surface area contributed by atoms with Crippen molar-refractivity contribution in [2.24, 2.45) is 0 Å². The lowest BCUT2D eigenvalue weighted by Crippen LogP contribution is -2.28. The minimum atomic E-state index is -0.507. The van der Waals surface area contributed by atoms with Gasteiger partial charge in [-0.15, -0.1) is 0 Å². The Hall–Kier alpha value is -7.49. The molecule has 0 atom stereocenters. The van der Waals surface area contributed by atoms with Gasteiger partial charge in [-0.25, -0.2) is 15.0 Å². The maximum atomic E-state index is 5.50. The molecule has 0 unspecified atom stereocenters. The Morgan fingerprint density at radius 3 is 1.51 bits per heavy atom. The van der Waals surface area contributed by atoms with Gasteiger partial charge in [0.25, 0.3) is 0 Å². The zero-order valence-corrected chi connectivity index (χ0v) is 31.0. The first-order valence-electron chi connectivity index (χ1n) is 19.4. The van der Waals surface area contributed by atoms with Crippen LogP contribution in [0.15, 0.2) is 212 Å². The van der Waals surface area contributed by atoms with Crippen molar-refractivity contribution in [3.05, 3.63) is 235 Å². The molecule has 0 saturated carbocycles. The molecule has 0 radical (unpaired) electrons. The summed E-state index contributed by atoms with van der Waals surface area (Å²) >= 11 is 0. The van der Waals surface area contributed by atoms with Gasteiger partial charge in [-0.1, -0.05) is 200 Å². The third kappa shape index (κ3) is 5.24. The SMILES string of the molecule is c1ccc(-c2cc(-c3ccccc3)nc(-c3ccc(-c4nc5ccccc5c5ccc6c(c45)-c4ccccc4C6(c4ccccc4)c4ccccc4)cc3)n2)cc1. The van der Waals surface area contributed by atoms with E-state index in [1.165, 1.54) is 38.8 Å². The standard InChI is InChI=1S/C54H35N3/c1-5-17-36(18-6-1)48-35-49(37-19-7-2-8-20-37)57-53(56-48)39-31-29-38(30-32-39)52-51-43(42-25-14-16-28-47(42)55-52)33-34-46-50(51)44-26-13-15-27-45(44)54(46,40-21-9-3-10-22-40)41-23-11-4-12-24-41/h1-35H. The number of aromatic nitrogens is 3. The van der Waals surface area contributed by atoms with Crippen LogP contribution in [0.25, 0.3) is 78.0 Å². The summed E-state index contributed by atoms with van der Waals surface area (Å²) in [5.41, 5.74) is 14.8. The molecule has 1 aliphatic rings. The third-order valence-electron chi connectivity index (χ3n) is 11.6. The van der Waals surface area contributed by atoms with Crippen molar-refractivity contribution in [3.63, 3.8) is 0 Å². The summed E-state index contributed by atoms with van der Waals surface area (Å²) in [6.07, 6.45) is 0. The Balaban J connectivity index is 1.15. The van der Waals surface area contributed by atoms with E-state index in [4.69, 9.17) is 15.0 Å². The molecular weight excluding hydrogens is 691 g/mol. The Labute approximate surface area is 331 Å². The fourth-order valence-corrected chi connectivity index (χ4v) is 9.05. The highest BCUT2D eigenvalue weighted by Gasteiger charge is 2.47. The smallest absolute Gasteiger partial charge is 0.160 e. The van der Waals surface area contributed by atoms with Crippen LogP contribution >= 0.6 is 0 Å². The van der Waals surface area contributed by atoms with Crippen LogP contribution in [0.2, 0.25) is 0 Å². The zero-order chi connectivity index (χ0) is 37.8. The van der Waals surface area contributed by atoms with Gasteiger partial charge in [0, 0.05) is 33.0 Å². The summed E-state index contributed by atoms with van der Waals surface area (Å²) in [7, 11) is 0. The first-order valence-corrected chi connectivity index (χ1v) is 19.4.